The summed E-state index contributed by atoms with van der Waals surface area (Å²) < 4.78 is 0. The molecule has 0 saturated heterocycles. The average molecular weight is 251 g/mol. The van der Waals surface area contributed by atoms with Crippen LogP contribution < -0.4 is 0 Å². The summed E-state index contributed by atoms with van der Waals surface area (Å²) in [7, 11) is 0. The number of nitrogens with zero attached hydrogens (tertiary/aromatic N) is 2. The van der Waals surface area contributed by atoms with Gasteiger partial charge in [0, 0.05) is 0 Å². The predicted molar refractivity (Wildman–Crippen MR) is 79.1 cm³/mol. The molecule has 97 valence electrons. The molecule has 0 spiro atoms. The van der Waals surface area contributed by atoms with E-state index in [1.807, 2.05) is 36.4 Å². The van der Waals surface area contributed by atoms with Gasteiger partial charge in [-0.1, -0.05) is 44.0 Å². The van der Waals surface area contributed by atoms with E-state index in [4.69, 9.17) is 0 Å². The van der Waals surface area contributed by atoms with Crippen molar-refractivity contribution in [3.8, 4) is 0 Å². The molecule has 2 rings (SSSR count). The average Bonchev–Trinajstić information content (AvgIpc) is 2.48. The van der Waals surface area contributed by atoms with Gasteiger partial charge in [-0.3, -0.25) is 0 Å². The smallest absolute Gasteiger partial charge is 0.0857 e. The first-order valence-electron chi connectivity index (χ1n) is 6.85. The minimum absolute atomic E-state index is 0.853. The standard InChI is InChI=1S/C17H19N2/c1-2-3-5-8-15-11-13-17(14-12-15)19-18-16-9-6-4-7-10-16/h6-7,9-14H,2-3,5,8H2,1H3. The third-order valence-electron chi connectivity index (χ3n) is 2.99. The molecule has 0 atom stereocenters. The normalized spacial score (nSPS) is 11.0. The summed E-state index contributed by atoms with van der Waals surface area (Å²) in [6.07, 6.45) is 4.98. The molecule has 0 aliphatic rings. The van der Waals surface area contributed by atoms with Crippen LogP contribution in [0, 0.1) is 6.07 Å². The fourth-order valence-electron chi connectivity index (χ4n) is 1.87. The van der Waals surface area contributed by atoms with Gasteiger partial charge in [-0.2, -0.15) is 10.2 Å². The quantitative estimate of drug-likeness (QED) is 0.469. The number of unbranched alkanes of at least 4 members (excludes halogenated alkanes) is 2. The Morgan fingerprint density at radius 3 is 2.11 bits per heavy atom. The van der Waals surface area contributed by atoms with E-state index in [2.05, 4.69) is 35.4 Å². The second-order valence-corrected chi connectivity index (χ2v) is 4.58. The van der Waals surface area contributed by atoms with Crippen LogP contribution in [0.1, 0.15) is 31.7 Å². The van der Waals surface area contributed by atoms with Crippen LogP contribution in [0.4, 0.5) is 11.4 Å². The van der Waals surface area contributed by atoms with Gasteiger partial charge in [0.15, 0.2) is 0 Å². The van der Waals surface area contributed by atoms with Crippen molar-refractivity contribution >= 4 is 11.4 Å². The summed E-state index contributed by atoms with van der Waals surface area (Å²) in [5.74, 6) is 0. The maximum atomic E-state index is 4.23. The highest BCUT2D eigenvalue weighted by molar-refractivity contribution is 5.40. The molecule has 2 aromatic rings. The van der Waals surface area contributed by atoms with Gasteiger partial charge in [0.25, 0.3) is 0 Å². The molecule has 0 bridgehead atoms. The molecule has 0 saturated carbocycles. The van der Waals surface area contributed by atoms with Crippen molar-refractivity contribution < 1.29 is 0 Å². The molecule has 0 aliphatic heterocycles. The second kappa shape index (κ2) is 7.47. The second-order valence-electron chi connectivity index (χ2n) is 4.58. The minimum atomic E-state index is 0.853. The maximum absolute atomic E-state index is 4.23. The zero-order valence-corrected chi connectivity index (χ0v) is 11.3. The first-order valence-corrected chi connectivity index (χ1v) is 6.85. The lowest BCUT2D eigenvalue weighted by molar-refractivity contribution is 0.717. The van der Waals surface area contributed by atoms with Gasteiger partial charge in [0.1, 0.15) is 0 Å². The van der Waals surface area contributed by atoms with Gasteiger partial charge in [0.05, 0.1) is 11.4 Å². The van der Waals surface area contributed by atoms with Gasteiger partial charge in [-0.25, -0.2) is 0 Å². The minimum Gasteiger partial charge on any atom is -0.151 e. The molecular weight excluding hydrogens is 232 g/mol. The third kappa shape index (κ3) is 4.66. The number of hydrogen-bond donors (Lipinski definition) is 0. The van der Waals surface area contributed by atoms with Crippen molar-refractivity contribution in [2.45, 2.75) is 32.6 Å². The molecule has 2 heteroatoms. The number of benzene rings is 2. The van der Waals surface area contributed by atoms with E-state index in [1.165, 1.54) is 24.8 Å². The van der Waals surface area contributed by atoms with Crippen LogP contribution in [-0.4, -0.2) is 0 Å². The molecule has 0 aliphatic carbocycles. The zero-order chi connectivity index (χ0) is 13.3. The Labute approximate surface area is 115 Å². The third-order valence-corrected chi connectivity index (χ3v) is 2.99. The van der Waals surface area contributed by atoms with Crippen LogP contribution in [0.2, 0.25) is 0 Å². The fourth-order valence-corrected chi connectivity index (χ4v) is 1.87. The van der Waals surface area contributed by atoms with Crippen LogP contribution in [0.3, 0.4) is 0 Å². The summed E-state index contributed by atoms with van der Waals surface area (Å²) in [6.45, 7) is 2.23. The molecule has 19 heavy (non-hydrogen) atoms. The predicted octanol–water partition coefficient (Wildman–Crippen LogP) is 5.63. The van der Waals surface area contributed by atoms with E-state index in [1.54, 1.807) is 0 Å². The molecule has 1 radical (unpaired) electrons. The number of rotatable bonds is 6. The lowest BCUT2D eigenvalue weighted by Gasteiger charge is -2.00. The van der Waals surface area contributed by atoms with Crippen LogP contribution in [0.5, 0.6) is 0 Å². The van der Waals surface area contributed by atoms with Crippen molar-refractivity contribution in [1.29, 1.82) is 0 Å². The molecule has 0 unspecified atom stereocenters. The molecule has 0 aromatic heterocycles. The number of aryl methyl sites for hydroxylation is 1. The van der Waals surface area contributed by atoms with Crippen molar-refractivity contribution in [2.75, 3.05) is 0 Å². The van der Waals surface area contributed by atoms with Crippen molar-refractivity contribution in [3.63, 3.8) is 0 Å². The van der Waals surface area contributed by atoms with Gasteiger partial charge in [-0.05, 0) is 48.7 Å². The Bertz CT molecular complexity index is 501. The van der Waals surface area contributed by atoms with E-state index >= 15 is 0 Å². The highest BCUT2D eigenvalue weighted by Crippen LogP contribution is 2.18. The van der Waals surface area contributed by atoms with Gasteiger partial charge in [0.2, 0.25) is 0 Å². The number of hydrogen-bond acceptors (Lipinski definition) is 2. The van der Waals surface area contributed by atoms with Crippen LogP contribution in [-0.2, 0) is 6.42 Å². The Kier molecular flexibility index (Phi) is 5.30. The maximum Gasteiger partial charge on any atom is 0.0857 e. The zero-order valence-electron chi connectivity index (χ0n) is 11.3. The van der Waals surface area contributed by atoms with E-state index in [9.17, 15) is 0 Å². The van der Waals surface area contributed by atoms with Crippen molar-refractivity contribution in [1.82, 2.24) is 0 Å². The molecule has 2 nitrogen and oxygen atoms in total. The molecule has 0 heterocycles. The van der Waals surface area contributed by atoms with E-state index in [0.717, 1.165) is 17.8 Å². The van der Waals surface area contributed by atoms with E-state index in [0.29, 0.717) is 0 Å². The first kappa shape index (κ1) is 13.5. The van der Waals surface area contributed by atoms with Crippen molar-refractivity contribution in [3.05, 3.63) is 60.2 Å². The molecule has 2 aromatic carbocycles. The van der Waals surface area contributed by atoms with Gasteiger partial charge >= 0.3 is 0 Å². The highest BCUT2D eigenvalue weighted by Gasteiger charge is 1.94. The largest absolute Gasteiger partial charge is 0.151 e. The van der Waals surface area contributed by atoms with Crippen LogP contribution >= 0.6 is 0 Å². The van der Waals surface area contributed by atoms with E-state index in [-0.39, 0.29) is 0 Å². The summed E-state index contributed by atoms with van der Waals surface area (Å²) in [4.78, 5) is 0. The summed E-state index contributed by atoms with van der Waals surface area (Å²) in [5.41, 5.74) is 3.12. The number of azo groups is 1. The Morgan fingerprint density at radius 2 is 1.47 bits per heavy atom. The summed E-state index contributed by atoms with van der Waals surface area (Å²) in [6, 6.07) is 18.8. The molecular formula is C17H19N2. The first-order chi connectivity index (χ1) is 9.38. The SMILES string of the molecule is CCCCCc1ccc(N=Nc2cc[c]cc2)cc1. The lowest BCUT2D eigenvalue weighted by Crippen LogP contribution is -1.83. The van der Waals surface area contributed by atoms with Crippen molar-refractivity contribution in [2.24, 2.45) is 10.2 Å². The summed E-state index contributed by atoms with van der Waals surface area (Å²) in [5, 5.41) is 8.41. The molecule has 0 N–H and O–H groups in total. The van der Waals surface area contributed by atoms with Gasteiger partial charge in [-0.15, -0.1) is 0 Å². The lowest BCUT2D eigenvalue weighted by atomic mass is 10.1. The molecule has 0 amide bonds. The monoisotopic (exact) mass is 251 g/mol. The van der Waals surface area contributed by atoms with Gasteiger partial charge < -0.3 is 0 Å². The molecule has 0 fully saturated rings. The highest BCUT2D eigenvalue weighted by atomic mass is 15.1. The van der Waals surface area contributed by atoms with Crippen LogP contribution in [0.25, 0.3) is 0 Å². The Morgan fingerprint density at radius 1 is 0.842 bits per heavy atom. The topological polar surface area (TPSA) is 24.7 Å². The van der Waals surface area contributed by atoms with Crippen LogP contribution in [0.15, 0.2) is 58.8 Å². The van der Waals surface area contributed by atoms with E-state index < -0.39 is 0 Å². The Balaban J connectivity index is 1.93. The Hall–Kier alpha value is -1.96. The fraction of sp³-hybridized carbons (Fsp3) is 0.294. The summed E-state index contributed by atoms with van der Waals surface area (Å²) >= 11 is 0.